The predicted octanol–water partition coefficient (Wildman–Crippen LogP) is 0.637. The highest BCUT2D eigenvalue weighted by atomic mass is 16.5. The van der Waals surface area contributed by atoms with Gasteiger partial charge >= 0.3 is 0 Å². The second-order valence-corrected chi connectivity index (χ2v) is 6.08. The molecule has 0 spiro atoms. The third kappa shape index (κ3) is 4.62. The number of amides is 1. The number of morpholine rings is 1. The summed E-state index contributed by atoms with van der Waals surface area (Å²) in [6.07, 6.45) is 3.23. The summed E-state index contributed by atoms with van der Waals surface area (Å²) in [5, 5.41) is 4.10. The lowest BCUT2D eigenvalue weighted by Crippen LogP contribution is -2.48. The molecule has 1 saturated heterocycles. The van der Waals surface area contributed by atoms with E-state index < -0.39 is 0 Å². The minimum Gasteiger partial charge on any atom is -0.374 e. The van der Waals surface area contributed by atoms with Crippen molar-refractivity contribution >= 4 is 5.91 Å². The van der Waals surface area contributed by atoms with Crippen LogP contribution in [0.2, 0.25) is 0 Å². The Kier molecular flexibility index (Phi) is 5.55. The van der Waals surface area contributed by atoms with Gasteiger partial charge in [0.2, 0.25) is 5.91 Å². The Labute approximate surface area is 141 Å². The zero-order chi connectivity index (χ0) is 16.8. The lowest BCUT2D eigenvalue weighted by molar-refractivity contribution is -0.133. The third-order valence-electron chi connectivity index (χ3n) is 4.13. The number of nitrogens with zero attached hydrogens (tertiary/aromatic N) is 5. The van der Waals surface area contributed by atoms with Gasteiger partial charge in [-0.25, -0.2) is 4.98 Å². The van der Waals surface area contributed by atoms with Crippen molar-refractivity contribution in [2.24, 2.45) is 0 Å². The van der Waals surface area contributed by atoms with Gasteiger partial charge in [-0.3, -0.25) is 14.4 Å². The molecular formula is C17H23N5O2. The van der Waals surface area contributed by atoms with Crippen LogP contribution in [0.3, 0.4) is 0 Å². The van der Waals surface area contributed by atoms with Crippen molar-refractivity contribution in [1.29, 1.82) is 0 Å². The van der Waals surface area contributed by atoms with E-state index in [1.54, 1.807) is 15.9 Å². The number of hydrogen-bond acceptors (Lipinski definition) is 5. The van der Waals surface area contributed by atoms with E-state index >= 15 is 0 Å². The van der Waals surface area contributed by atoms with Crippen molar-refractivity contribution in [2.75, 3.05) is 33.3 Å². The molecule has 24 heavy (non-hydrogen) atoms. The monoisotopic (exact) mass is 329 g/mol. The van der Waals surface area contributed by atoms with E-state index in [4.69, 9.17) is 4.74 Å². The van der Waals surface area contributed by atoms with E-state index in [1.165, 1.54) is 6.33 Å². The number of hydrogen-bond donors (Lipinski definition) is 0. The predicted molar refractivity (Wildman–Crippen MR) is 89.1 cm³/mol. The van der Waals surface area contributed by atoms with Gasteiger partial charge in [-0.05, 0) is 5.56 Å². The van der Waals surface area contributed by atoms with Crippen molar-refractivity contribution in [3.63, 3.8) is 0 Å². The molecule has 2 aromatic rings. The Balaban J connectivity index is 1.48. The van der Waals surface area contributed by atoms with Crippen LogP contribution >= 0.6 is 0 Å². The highest BCUT2D eigenvalue weighted by molar-refractivity contribution is 5.78. The Bertz CT molecular complexity index is 632. The second-order valence-electron chi connectivity index (χ2n) is 6.08. The maximum absolute atomic E-state index is 12.5. The highest BCUT2D eigenvalue weighted by Crippen LogP contribution is 2.09. The molecule has 1 fully saturated rings. The number of ether oxygens (including phenoxy) is 1. The van der Waals surface area contributed by atoms with Gasteiger partial charge in [0, 0.05) is 26.7 Å². The Hall–Kier alpha value is -2.25. The van der Waals surface area contributed by atoms with Gasteiger partial charge in [-0.2, -0.15) is 5.10 Å². The molecule has 0 bridgehead atoms. The molecule has 1 amide bonds. The van der Waals surface area contributed by atoms with Crippen LogP contribution in [0.15, 0.2) is 43.0 Å². The molecule has 1 aliphatic rings. The van der Waals surface area contributed by atoms with E-state index in [0.29, 0.717) is 26.2 Å². The number of aromatic nitrogens is 3. The molecule has 0 saturated carbocycles. The number of benzene rings is 1. The van der Waals surface area contributed by atoms with Gasteiger partial charge in [0.15, 0.2) is 0 Å². The topological polar surface area (TPSA) is 63.5 Å². The van der Waals surface area contributed by atoms with Crippen molar-refractivity contribution in [1.82, 2.24) is 24.6 Å². The van der Waals surface area contributed by atoms with Gasteiger partial charge in [-0.15, -0.1) is 0 Å². The molecular weight excluding hydrogens is 306 g/mol. The van der Waals surface area contributed by atoms with Crippen LogP contribution in [0.5, 0.6) is 0 Å². The normalized spacial score (nSPS) is 18.5. The summed E-state index contributed by atoms with van der Waals surface area (Å²) in [6.45, 7) is 3.84. The SMILES string of the molecule is CN(Cc1ccccc1)C(=O)CN1CCO[C@@H](Cn2cncn2)C1. The molecule has 0 N–H and O–H groups in total. The van der Waals surface area contributed by atoms with Crippen LogP contribution in [0.1, 0.15) is 5.56 Å². The molecule has 7 heteroatoms. The molecule has 0 aliphatic carbocycles. The molecule has 0 radical (unpaired) electrons. The Morgan fingerprint density at radius 3 is 2.96 bits per heavy atom. The van der Waals surface area contributed by atoms with Crippen LogP contribution in [0.25, 0.3) is 0 Å². The molecule has 1 atom stereocenters. The Morgan fingerprint density at radius 1 is 1.38 bits per heavy atom. The van der Waals surface area contributed by atoms with Crippen LogP contribution in [-0.4, -0.2) is 69.9 Å². The molecule has 3 rings (SSSR count). The lowest BCUT2D eigenvalue weighted by atomic mass is 10.2. The highest BCUT2D eigenvalue weighted by Gasteiger charge is 2.23. The first-order chi connectivity index (χ1) is 11.7. The first kappa shape index (κ1) is 16.6. The summed E-state index contributed by atoms with van der Waals surface area (Å²) in [5.41, 5.74) is 1.14. The number of carbonyl (C=O) groups excluding carboxylic acids is 1. The fraction of sp³-hybridized carbons (Fsp3) is 0.471. The molecule has 0 unspecified atom stereocenters. The van der Waals surface area contributed by atoms with E-state index in [9.17, 15) is 4.79 Å². The third-order valence-corrected chi connectivity index (χ3v) is 4.13. The Morgan fingerprint density at radius 2 is 2.21 bits per heavy atom. The minimum atomic E-state index is 0.0349. The van der Waals surface area contributed by atoms with E-state index in [2.05, 4.69) is 15.0 Å². The van der Waals surface area contributed by atoms with Gasteiger partial charge in [0.1, 0.15) is 12.7 Å². The van der Waals surface area contributed by atoms with Crippen molar-refractivity contribution < 1.29 is 9.53 Å². The van der Waals surface area contributed by atoms with Crippen LogP contribution in [-0.2, 0) is 22.6 Å². The van der Waals surface area contributed by atoms with E-state index in [-0.39, 0.29) is 12.0 Å². The largest absolute Gasteiger partial charge is 0.374 e. The maximum atomic E-state index is 12.5. The molecule has 7 nitrogen and oxygen atoms in total. The molecule has 128 valence electrons. The quantitative estimate of drug-likeness (QED) is 0.778. The van der Waals surface area contributed by atoms with Crippen molar-refractivity contribution in [2.45, 2.75) is 19.2 Å². The van der Waals surface area contributed by atoms with E-state index in [0.717, 1.165) is 18.7 Å². The van der Waals surface area contributed by atoms with Crippen molar-refractivity contribution in [3.8, 4) is 0 Å². The molecule has 1 aromatic heterocycles. The fourth-order valence-electron chi connectivity index (χ4n) is 2.83. The van der Waals surface area contributed by atoms with Gasteiger partial charge in [0.05, 0.1) is 25.8 Å². The van der Waals surface area contributed by atoms with Crippen LogP contribution < -0.4 is 0 Å². The van der Waals surface area contributed by atoms with Gasteiger partial charge < -0.3 is 9.64 Å². The first-order valence-corrected chi connectivity index (χ1v) is 8.15. The number of carbonyl (C=O) groups is 1. The zero-order valence-electron chi connectivity index (χ0n) is 13.9. The standard InChI is InChI=1S/C17H23N5O2/c1-20(9-15-5-3-2-4-6-15)17(23)12-21-7-8-24-16(10-21)11-22-14-18-13-19-22/h2-6,13-14,16H,7-12H2,1H3/t16-/m1/s1. The summed E-state index contributed by atoms with van der Waals surface area (Å²) in [4.78, 5) is 20.3. The van der Waals surface area contributed by atoms with Crippen LogP contribution in [0, 0.1) is 0 Å². The molecule has 2 heterocycles. The van der Waals surface area contributed by atoms with Crippen molar-refractivity contribution in [3.05, 3.63) is 48.5 Å². The summed E-state index contributed by atoms with van der Waals surface area (Å²) < 4.78 is 7.53. The average Bonchev–Trinajstić information content (AvgIpc) is 3.09. The zero-order valence-corrected chi connectivity index (χ0v) is 13.9. The van der Waals surface area contributed by atoms with Crippen LogP contribution in [0.4, 0.5) is 0 Å². The lowest BCUT2D eigenvalue weighted by Gasteiger charge is -2.33. The maximum Gasteiger partial charge on any atom is 0.236 e. The summed E-state index contributed by atoms with van der Waals surface area (Å²) in [5.74, 6) is 0.125. The molecule has 1 aliphatic heterocycles. The summed E-state index contributed by atoms with van der Waals surface area (Å²) in [6, 6.07) is 10.0. The van der Waals surface area contributed by atoms with Gasteiger partial charge in [0.25, 0.3) is 0 Å². The number of likely N-dealkylation sites (N-methyl/N-ethyl adjacent to an activating group) is 1. The number of rotatable bonds is 6. The van der Waals surface area contributed by atoms with Gasteiger partial charge in [-0.1, -0.05) is 30.3 Å². The summed E-state index contributed by atoms with van der Waals surface area (Å²) >= 11 is 0. The first-order valence-electron chi connectivity index (χ1n) is 8.15. The second kappa shape index (κ2) is 8.03. The molecule has 1 aromatic carbocycles. The summed E-state index contributed by atoms with van der Waals surface area (Å²) in [7, 11) is 1.85. The smallest absolute Gasteiger partial charge is 0.236 e. The average molecular weight is 329 g/mol. The fourth-order valence-corrected chi connectivity index (χ4v) is 2.83. The minimum absolute atomic E-state index is 0.0349. The van der Waals surface area contributed by atoms with E-state index in [1.807, 2.05) is 37.4 Å².